The second kappa shape index (κ2) is 7.12. The third kappa shape index (κ3) is 4.72. The molecule has 4 heteroatoms. The van der Waals surface area contributed by atoms with E-state index in [2.05, 4.69) is 31.1 Å². The Morgan fingerprint density at radius 2 is 2.05 bits per heavy atom. The Balaban J connectivity index is 1.86. The summed E-state index contributed by atoms with van der Waals surface area (Å²) in [4.78, 5) is 16.4. The number of aromatic nitrogens is 1. The van der Waals surface area contributed by atoms with Crippen LogP contribution in [0, 0.1) is 11.3 Å². The maximum absolute atomic E-state index is 12.2. The summed E-state index contributed by atoms with van der Waals surface area (Å²) in [5, 5.41) is 3.01. The quantitative estimate of drug-likeness (QED) is 0.900. The molecule has 1 saturated carbocycles. The van der Waals surface area contributed by atoms with Gasteiger partial charge in [0.2, 0.25) is 5.88 Å². The number of carbonyl (C=O) groups excluding carboxylic acids is 1. The second-order valence-corrected chi connectivity index (χ2v) is 7.41. The van der Waals surface area contributed by atoms with Crippen LogP contribution >= 0.6 is 0 Å². The number of amides is 1. The zero-order chi connectivity index (χ0) is 16.2. The van der Waals surface area contributed by atoms with Crippen molar-refractivity contribution in [3.63, 3.8) is 0 Å². The van der Waals surface area contributed by atoms with Gasteiger partial charge in [-0.2, -0.15) is 0 Å². The first-order chi connectivity index (χ1) is 10.4. The molecule has 1 N–H and O–H groups in total. The standard InChI is InChI=1S/C18H28N2O2/c1-13(18(2,3)4)20-17(21)15-9-10-16(19-11-15)22-12-14-7-5-6-8-14/h9-11,13-14H,5-8,12H2,1-4H3,(H,20,21)/t13-/m0/s1. The molecular weight excluding hydrogens is 276 g/mol. The van der Waals surface area contributed by atoms with Crippen LogP contribution < -0.4 is 10.1 Å². The fraction of sp³-hybridized carbons (Fsp3) is 0.667. The van der Waals surface area contributed by atoms with Crippen molar-refractivity contribution in [2.45, 2.75) is 59.4 Å². The zero-order valence-electron chi connectivity index (χ0n) is 14.2. The van der Waals surface area contributed by atoms with Gasteiger partial charge in [-0.25, -0.2) is 4.98 Å². The maximum atomic E-state index is 12.2. The highest BCUT2D eigenvalue weighted by atomic mass is 16.5. The molecule has 1 atom stereocenters. The second-order valence-electron chi connectivity index (χ2n) is 7.41. The number of nitrogens with zero attached hydrogens (tertiary/aromatic N) is 1. The van der Waals surface area contributed by atoms with Crippen molar-refractivity contribution in [1.29, 1.82) is 0 Å². The average molecular weight is 304 g/mol. The van der Waals surface area contributed by atoms with E-state index in [0.29, 0.717) is 17.4 Å². The molecule has 1 heterocycles. The van der Waals surface area contributed by atoms with E-state index in [0.717, 1.165) is 6.61 Å². The summed E-state index contributed by atoms with van der Waals surface area (Å²) in [5.74, 6) is 1.18. The summed E-state index contributed by atoms with van der Waals surface area (Å²) in [7, 11) is 0. The molecule has 0 radical (unpaired) electrons. The van der Waals surface area contributed by atoms with Crippen molar-refractivity contribution in [1.82, 2.24) is 10.3 Å². The van der Waals surface area contributed by atoms with Crippen molar-refractivity contribution in [2.24, 2.45) is 11.3 Å². The van der Waals surface area contributed by atoms with Gasteiger partial charge in [0.15, 0.2) is 0 Å². The van der Waals surface area contributed by atoms with Gasteiger partial charge in [-0.3, -0.25) is 4.79 Å². The minimum Gasteiger partial charge on any atom is -0.477 e. The molecule has 0 aliphatic heterocycles. The minimum atomic E-state index is -0.0859. The summed E-state index contributed by atoms with van der Waals surface area (Å²) in [6.45, 7) is 9.08. The molecule has 1 fully saturated rings. The Morgan fingerprint density at radius 3 is 2.59 bits per heavy atom. The van der Waals surface area contributed by atoms with Crippen LogP contribution in [-0.4, -0.2) is 23.5 Å². The average Bonchev–Trinajstić information content (AvgIpc) is 2.98. The van der Waals surface area contributed by atoms with Gasteiger partial charge in [-0.1, -0.05) is 33.6 Å². The van der Waals surface area contributed by atoms with Crippen LogP contribution in [0.2, 0.25) is 0 Å². The Morgan fingerprint density at radius 1 is 1.36 bits per heavy atom. The molecule has 1 aromatic heterocycles. The summed E-state index contributed by atoms with van der Waals surface area (Å²) in [5.41, 5.74) is 0.609. The Bertz CT molecular complexity index is 485. The van der Waals surface area contributed by atoms with E-state index < -0.39 is 0 Å². The lowest BCUT2D eigenvalue weighted by molar-refractivity contribution is 0.0909. The topological polar surface area (TPSA) is 51.2 Å². The highest BCUT2D eigenvalue weighted by Gasteiger charge is 2.22. The van der Waals surface area contributed by atoms with E-state index in [-0.39, 0.29) is 17.4 Å². The molecule has 0 unspecified atom stereocenters. The number of pyridine rings is 1. The largest absolute Gasteiger partial charge is 0.477 e. The first kappa shape index (κ1) is 16.8. The van der Waals surface area contributed by atoms with Crippen molar-refractivity contribution < 1.29 is 9.53 Å². The molecule has 0 spiro atoms. The van der Waals surface area contributed by atoms with E-state index in [9.17, 15) is 4.79 Å². The van der Waals surface area contributed by atoms with E-state index in [1.807, 2.05) is 6.92 Å². The van der Waals surface area contributed by atoms with Crippen molar-refractivity contribution in [3.8, 4) is 5.88 Å². The lowest BCUT2D eigenvalue weighted by Crippen LogP contribution is -2.41. The lowest BCUT2D eigenvalue weighted by Gasteiger charge is -2.28. The lowest BCUT2D eigenvalue weighted by atomic mass is 9.88. The molecule has 1 aliphatic carbocycles. The van der Waals surface area contributed by atoms with Gasteiger partial charge in [0.25, 0.3) is 5.91 Å². The minimum absolute atomic E-state index is 0.0351. The molecule has 0 bridgehead atoms. The van der Waals surface area contributed by atoms with E-state index in [1.165, 1.54) is 25.7 Å². The molecule has 0 aromatic carbocycles. The number of rotatable bonds is 5. The maximum Gasteiger partial charge on any atom is 0.253 e. The summed E-state index contributed by atoms with van der Waals surface area (Å²) in [6.07, 6.45) is 6.73. The first-order valence-corrected chi connectivity index (χ1v) is 8.26. The van der Waals surface area contributed by atoms with E-state index in [1.54, 1.807) is 18.3 Å². The Labute approximate surface area is 133 Å². The number of carbonyl (C=O) groups is 1. The normalized spacial score (nSPS) is 17.3. The van der Waals surface area contributed by atoms with Crippen LogP contribution in [0.5, 0.6) is 5.88 Å². The third-order valence-electron chi connectivity index (χ3n) is 4.59. The van der Waals surface area contributed by atoms with Gasteiger partial charge in [-0.05, 0) is 37.2 Å². The summed E-state index contributed by atoms with van der Waals surface area (Å²) in [6, 6.07) is 3.66. The van der Waals surface area contributed by atoms with Crippen LogP contribution in [0.15, 0.2) is 18.3 Å². The van der Waals surface area contributed by atoms with E-state index >= 15 is 0 Å². The smallest absolute Gasteiger partial charge is 0.253 e. The fourth-order valence-corrected chi connectivity index (χ4v) is 2.48. The Kier molecular flexibility index (Phi) is 5.43. The van der Waals surface area contributed by atoms with Gasteiger partial charge in [0.1, 0.15) is 0 Å². The van der Waals surface area contributed by atoms with Crippen LogP contribution in [0.1, 0.15) is 63.7 Å². The third-order valence-corrected chi connectivity index (χ3v) is 4.59. The molecular formula is C18H28N2O2. The van der Waals surface area contributed by atoms with Gasteiger partial charge in [0, 0.05) is 18.3 Å². The Hall–Kier alpha value is -1.58. The fourth-order valence-electron chi connectivity index (χ4n) is 2.48. The van der Waals surface area contributed by atoms with E-state index in [4.69, 9.17) is 4.74 Å². The summed E-state index contributed by atoms with van der Waals surface area (Å²) < 4.78 is 5.72. The van der Waals surface area contributed by atoms with Crippen LogP contribution in [-0.2, 0) is 0 Å². The molecule has 4 nitrogen and oxygen atoms in total. The number of hydrogen-bond donors (Lipinski definition) is 1. The van der Waals surface area contributed by atoms with Crippen molar-refractivity contribution >= 4 is 5.91 Å². The molecule has 2 rings (SSSR count). The van der Waals surface area contributed by atoms with Gasteiger partial charge < -0.3 is 10.1 Å². The highest BCUT2D eigenvalue weighted by Crippen LogP contribution is 2.25. The van der Waals surface area contributed by atoms with Gasteiger partial charge in [-0.15, -0.1) is 0 Å². The van der Waals surface area contributed by atoms with Crippen LogP contribution in [0.3, 0.4) is 0 Å². The van der Waals surface area contributed by atoms with Crippen molar-refractivity contribution in [2.75, 3.05) is 6.61 Å². The van der Waals surface area contributed by atoms with Gasteiger partial charge in [0.05, 0.1) is 12.2 Å². The van der Waals surface area contributed by atoms with Gasteiger partial charge >= 0.3 is 0 Å². The van der Waals surface area contributed by atoms with Crippen LogP contribution in [0.25, 0.3) is 0 Å². The molecule has 122 valence electrons. The van der Waals surface area contributed by atoms with Crippen LogP contribution in [0.4, 0.5) is 0 Å². The number of nitrogens with one attached hydrogen (secondary N) is 1. The molecule has 22 heavy (non-hydrogen) atoms. The number of ether oxygens (including phenoxy) is 1. The molecule has 1 amide bonds. The molecule has 1 aliphatic rings. The monoisotopic (exact) mass is 304 g/mol. The zero-order valence-corrected chi connectivity index (χ0v) is 14.2. The number of hydrogen-bond acceptors (Lipinski definition) is 3. The highest BCUT2D eigenvalue weighted by molar-refractivity contribution is 5.94. The SMILES string of the molecule is C[C@H](NC(=O)c1ccc(OCC2CCCC2)nc1)C(C)(C)C. The predicted octanol–water partition coefficient (Wildman–Crippen LogP) is 3.82. The predicted molar refractivity (Wildman–Crippen MR) is 88.1 cm³/mol. The summed E-state index contributed by atoms with van der Waals surface area (Å²) >= 11 is 0. The molecule has 1 aromatic rings. The van der Waals surface area contributed by atoms with Crippen molar-refractivity contribution in [3.05, 3.63) is 23.9 Å². The molecule has 0 saturated heterocycles. The first-order valence-electron chi connectivity index (χ1n) is 8.26.